The monoisotopic (exact) mass is 469 g/mol. The Bertz CT molecular complexity index is 678. The summed E-state index contributed by atoms with van der Waals surface area (Å²) in [7, 11) is 1.85. The van der Waals surface area contributed by atoms with E-state index in [4.69, 9.17) is 0 Å². The lowest BCUT2D eigenvalue weighted by molar-refractivity contribution is 0.371. The molecule has 0 spiro atoms. The Kier molecular flexibility index (Phi) is 8.14. The summed E-state index contributed by atoms with van der Waals surface area (Å²) in [6.07, 6.45) is 2.69. The van der Waals surface area contributed by atoms with Crippen molar-refractivity contribution >= 4 is 35.6 Å². The number of benzene rings is 1. The summed E-state index contributed by atoms with van der Waals surface area (Å²) in [4.78, 5) is 9.19. The van der Waals surface area contributed by atoms with Crippen LogP contribution >= 0.6 is 24.0 Å². The quantitative estimate of drug-likeness (QED) is 0.412. The van der Waals surface area contributed by atoms with Crippen molar-refractivity contribution in [1.29, 1.82) is 0 Å². The molecule has 0 atom stereocenters. The van der Waals surface area contributed by atoms with Gasteiger partial charge in [-0.15, -0.1) is 34.2 Å². The maximum atomic E-state index is 4.44. The van der Waals surface area contributed by atoms with E-state index in [2.05, 4.69) is 72.1 Å². The normalized spacial score (nSPS) is 14.9. The van der Waals surface area contributed by atoms with Crippen LogP contribution in [0.15, 0.2) is 41.7 Å². The maximum absolute atomic E-state index is 4.44. The van der Waals surface area contributed by atoms with Crippen LogP contribution in [0.5, 0.6) is 0 Å². The van der Waals surface area contributed by atoms with E-state index in [-0.39, 0.29) is 24.0 Å². The van der Waals surface area contributed by atoms with Gasteiger partial charge in [-0.1, -0.05) is 25.1 Å². The summed E-state index contributed by atoms with van der Waals surface area (Å²) in [6.45, 7) is 7.73. The van der Waals surface area contributed by atoms with Crippen LogP contribution in [0.3, 0.4) is 0 Å². The predicted octanol–water partition coefficient (Wildman–Crippen LogP) is 1.86. The van der Waals surface area contributed by atoms with Crippen LogP contribution in [0.25, 0.3) is 0 Å². The van der Waals surface area contributed by atoms with Crippen molar-refractivity contribution in [2.24, 2.45) is 4.99 Å². The third kappa shape index (κ3) is 5.09. The topological polar surface area (TPSA) is 61.6 Å². The smallest absolute Gasteiger partial charge is 0.193 e. The standard InChI is InChI=1S/C18H27N7.HI/c1-3-17-22-21-15-25(17)10-9-20-18(19-2)24-13-11-23(12-14-24)16-7-5-4-6-8-16;/h4-8,15H,3,9-14H2,1-2H3,(H,19,20);1H. The van der Waals surface area contributed by atoms with Crippen LogP contribution in [-0.4, -0.2) is 65.4 Å². The molecular formula is C18H28IN7. The Morgan fingerprint density at radius 2 is 1.88 bits per heavy atom. The Morgan fingerprint density at radius 1 is 1.15 bits per heavy atom. The predicted molar refractivity (Wildman–Crippen MR) is 116 cm³/mol. The highest BCUT2D eigenvalue weighted by Crippen LogP contribution is 2.15. The summed E-state index contributed by atoms with van der Waals surface area (Å²) in [5, 5.41) is 11.6. The molecular weight excluding hydrogens is 441 g/mol. The van der Waals surface area contributed by atoms with E-state index >= 15 is 0 Å². The molecule has 0 saturated carbocycles. The minimum atomic E-state index is 0. The van der Waals surface area contributed by atoms with Crippen LogP contribution in [-0.2, 0) is 13.0 Å². The first-order valence-corrected chi connectivity index (χ1v) is 8.94. The Morgan fingerprint density at radius 3 is 2.54 bits per heavy atom. The van der Waals surface area contributed by atoms with Crippen LogP contribution in [0.4, 0.5) is 5.69 Å². The van der Waals surface area contributed by atoms with Gasteiger partial charge in [0.25, 0.3) is 0 Å². The Hall–Kier alpha value is -1.84. The molecule has 0 unspecified atom stereocenters. The largest absolute Gasteiger partial charge is 0.368 e. The van der Waals surface area contributed by atoms with Gasteiger partial charge in [-0.3, -0.25) is 4.99 Å². The van der Waals surface area contributed by atoms with Gasteiger partial charge < -0.3 is 19.7 Å². The van der Waals surface area contributed by atoms with E-state index in [1.807, 2.05) is 7.05 Å². The average Bonchev–Trinajstić information content (AvgIpc) is 3.14. The van der Waals surface area contributed by atoms with Crippen molar-refractivity contribution in [3.05, 3.63) is 42.5 Å². The number of para-hydroxylation sites is 1. The molecule has 1 saturated heterocycles. The molecule has 2 aromatic rings. The SMILES string of the molecule is CCc1nncn1CCNC(=NC)N1CCN(c2ccccc2)CC1.I. The molecule has 1 aliphatic heterocycles. The second-order valence-corrected chi connectivity index (χ2v) is 6.08. The molecule has 8 heteroatoms. The zero-order valence-electron chi connectivity index (χ0n) is 15.5. The molecule has 1 aromatic carbocycles. The van der Waals surface area contributed by atoms with Gasteiger partial charge in [-0.25, -0.2) is 0 Å². The second kappa shape index (κ2) is 10.3. The highest BCUT2D eigenvalue weighted by Gasteiger charge is 2.19. The van der Waals surface area contributed by atoms with Crippen LogP contribution in [0, 0.1) is 0 Å². The van der Waals surface area contributed by atoms with Gasteiger partial charge in [0.2, 0.25) is 0 Å². The van der Waals surface area contributed by atoms with Crippen LogP contribution < -0.4 is 10.2 Å². The highest BCUT2D eigenvalue weighted by atomic mass is 127. The van der Waals surface area contributed by atoms with E-state index in [0.29, 0.717) is 0 Å². The number of anilines is 1. The number of aromatic nitrogens is 3. The molecule has 26 heavy (non-hydrogen) atoms. The van der Waals surface area contributed by atoms with E-state index in [9.17, 15) is 0 Å². The number of halogens is 1. The molecule has 0 aliphatic carbocycles. The molecule has 0 amide bonds. The van der Waals surface area contributed by atoms with Gasteiger partial charge in [-0.05, 0) is 12.1 Å². The zero-order chi connectivity index (χ0) is 17.5. The van der Waals surface area contributed by atoms with Crippen LogP contribution in [0.1, 0.15) is 12.7 Å². The van der Waals surface area contributed by atoms with Gasteiger partial charge in [0, 0.05) is 58.4 Å². The molecule has 1 aromatic heterocycles. The summed E-state index contributed by atoms with van der Waals surface area (Å²) in [5.74, 6) is 1.99. The van der Waals surface area contributed by atoms with Gasteiger partial charge in [0.15, 0.2) is 5.96 Å². The first-order chi connectivity index (χ1) is 12.3. The van der Waals surface area contributed by atoms with Crippen LogP contribution in [0.2, 0.25) is 0 Å². The van der Waals surface area contributed by atoms with Crippen molar-refractivity contribution in [2.75, 3.05) is 44.7 Å². The van der Waals surface area contributed by atoms with E-state index < -0.39 is 0 Å². The molecule has 142 valence electrons. The third-order valence-corrected chi connectivity index (χ3v) is 4.56. The minimum absolute atomic E-state index is 0. The number of aliphatic imine (C=N–C) groups is 1. The van der Waals surface area contributed by atoms with Crippen molar-refractivity contribution in [3.8, 4) is 0 Å². The lowest BCUT2D eigenvalue weighted by Crippen LogP contribution is -2.52. The van der Waals surface area contributed by atoms with E-state index in [0.717, 1.165) is 57.5 Å². The first-order valence-electron chi connectivity index (χ1n) is 8.94. The number of aryl methyl sites for hydroxylation is 1. The zero-order valence-corrected chi connectivity index (χ0v) is 17.8. The average molecular weight is 469 g/mol. The fourth-order valence-electron chi connectivity index (χ4n) is 3.18. The van der Waals surface area contributed by atoms with Gasteiger partial charge >= 0.3 is 0 Å². The summed E-state index contributed by atoms with van der Waals surface area (Å²) >= 11 is 0. The molecule has 1 aliphatic rings. The van der Waals surface area contributed by atoms with E-state index in [1.165, 1.54) is 5.69 Å². The molecule has 0 bridgehead atoms. The summed E-state index contributed by atoms with van der Waals surface area (Å²) in [6, 6.07) is 10.6. The molecule has 2 heterocycles. The molecule has 7 nitrogen and oxygen atoms in total. The lowest BCUT2D eigenvalue weighted by atomic mass is 10.2. The van der Waals surface area contributed by atoms with E-state index in [1.54, 1.807) is 6.33 Å². The van der Waals surface area contributed by atoms with Gasteiger partial charge in [0.1, 0.15) is 12.2 Å². The van der Waals surface area contributed by atoms with Crippen molar-refractivity contribution in [1.82, 2.24) is 25.0 Å². The Balaban J connectivity index is 0.00000243. The van der Waals surface area contributed by atoms with Crippen molar-refractivity contribution in [3.63, 3.8) is 0 Å². The van der Waals surface area contributed by atoms with Crippen molar-refractivity contribution < 1.29 is 0 Å². The molecule has 0 radical (unpaired) electrons. The number of piperazine rings is 1. The van der Waals surface area contributed by atoms with Gasteiger partial charge in [-0.2, -0.15) is 0 Å². The second-order valence-electron chi connectivity index (χ2n) is 6.08. The molecule has 1 N–H and O–H groups in total. The first kappa shape index (κ1) is 20.5. The summed E-state index contributed by atoms with van der Waals surface area (Å²) in [5.41, 5.74) is 1.30. The highest BCUT2D eigenvalue weighted by molar-refractivity contribution is 14.0. The number of hydrogen-bond acceptors (Lipinski definition) is 4. The molecule has 3 rings (SSSR count). The fraction of sp³-hybridized carbons (Fsp3) is 0.500. The van der Waals surface area contributed by atoms with Gasteiger partial charge in [0.05, 0.1) is 0 Å². The third-order valence-electron chi connectivity index (χ3n) is 4.56. The fourth-order valence-corrected chi connectivity index (χ4v) is 3.18. The number of rotatable bonds is 5. The minimum Gasteiger partial charge on any atom is -0.368 e. The van der Waals surface area contributed by atoms with Crippen molar-refractivity contribution in [2.45, 2.75) is 19.9 Å². The lowest BCUT2D eigenvalue weighted by Gasteiger charge is -2.37. The number of nitrogens with zero attached hydrogens (tertiary/aromatic N) is 6. The number of hydrogen-bond donors (Lipinski definition) is 1. The maximum Gasteiger partial charge on any atom is 0.193 e. The number of nitrogens with one attached hydrogen (secondary N) is 1. The summed E-state index contributed by atoms with van der Waals surface area (Å²) < 4.78 is 2.09. The molecule has 1 fully saturated rings. The number of guanidine groups is 1. The Labute approximate surface area is 172 Å².